The molecule has 2 aromatic heterocycles. The smallest absolute Gasteiger partial charge is 0.329 e. The number of hydrogen-bond acceptors (Lipinski definition) is 5. The summed E-state index contributed by atoms with van der Waals surface area (Å²) in [5.74, 6) is 4.97. The summed E-state index contributed by atoms with van der Waals surface area (Å²) in [5.41, 5.74) is -0.749. The third kappa shape index (κ3) is 2.61. The lowest BCUT2D eigenvalue weighted by atomic mass is 10.4. The van der Waals surface area contributed by atoms with E-state index in [1.807, 2.05) is 0 Å². The number of aryl methyl sites for hydroxylation is 1. The van der Waals surface area contributed by atoms with E-state index in [0.717, 1.165) is 0 Å². The molecule has 0 radical (unpaired) electrons. The number of carbonyl (C=O) groups is 1. The van der Waals surface area contributed by atoms with Crippen LogP contribution in [0.25, 0.3) is 11.2 Å². The van der Waals surface area contributed by atoms with Crippen LogP contribution < -0.4 is 11.2 Å². The SMILES string of the molecule is CCOC(=O)CC#Cc1nc2c([nH]1)c(=O)[nH]c(=O)n2C. The summed E-state index contributed by atoms with van der Waals surface area (Å²) in [6.45, 7) is 2.00. The minimum absolute atomic E-state index is 0.0693. The standard InChI is InChI=1S/C12H12N4O4/c1-3-20-8(17)6-4-5-7-13-9-10(14-7)16(2)12(19)15-11(9)18/h3,6H2,1-2H3,(H,13,14)(H,15,18,19). The Balaban J connectivity index is 2.34. The van der Waals surface area contributed by atoms with Crippen molar-refractivity contribution in [2.75, 3.05) is 6.61 Å². The van der Waals surface area contributed by atoms with Gasteiger partial charge in [0.25, 0.3) is 5.56 Å². The molecule has 2 aromatic rings. The number of hydrogen-bond donors (Lipinski definition) is 2. The van der Waals surface area contributed by atoms with E-state index < -0.39 is 17.2 Å². The fourth-order valence-electron chi connectivity index (χ4n) is 1.58. The van der Waals surface area contributed by atoms with Gasteiger partial charge in [0.2, 0.25) is 0 Å². The molecule has 20 heavy (non-hydrogen) atoms. The molecule has 0 aliphatic rings. The number of aromatic amines is 2. The van der Waals surface area contributed by atoms with Crippen molar-refractivity contribution in [2.45, 2.75) is 13.3 Å². The van der Waals surface area contributed by atoms with Crippen LogP contribution in [0.15, 0.2) is 9.59 Å². The second-order valence-corrected chi connectivity index (χ2v) is 3.89. The van der Waals surface area contributed by atoms with Crippen LogP contribution in [0.2, 0.25) is 0 Å². The fraction of sp³-hybridized carbons (Fsp3) is 0.333. The van der Waals surface area contributed by atoms with Crippen LogP contribution in [0.1, 0.15) is 19.2 Å². The highest BCUT2D eigenvalue weighted by Crippen LogP contribution is 2.02. The van der Waals surface area contributed by atoms with Gasteiger partial charge in [-0.3, -0.25) is 19.1 Å². The third-order valence-electron chi connectivity index (χ3n) is 2.50. The van der Waals surface area contributed by atoms with Gasteiger partial charge in [-0.25, -0.2) is 9.78 Å². The van der Waals surface area contributed by atoms with Crippen molar-refractivity contribution < 1.29 is 9.53 Å². The highest BCUT2D eigenvalue weighted by molar-refractivity contribution is 5.73. The van der Waals surface area contributed by atoms with Crippen molar-refractivity contribution in [2.24, 2.45) is 7.05 Å². The number of imidazole rings is 1. The van der Waals surface area contributed by atoms with E-state index in [4.69, 9.17) is 4.74 Å². The van der Waals surface area contributed by atoms with Crippen LogP contribution in [0.5, 0.6) is 0 Å². The Hall–Kier alpha value is -2.82. The lowest BCUT2D eigenvalue weighted by Gasteiger charge is -1.94. The number of carbonyl (C=O) groups excluding carboxylic acids is 1. The van der Waals surface area contributed by atoms with Crippen molar-refractivity contribution in [1.29, 1.82) is 0 Å². The van der Waals surface area contributed by atoms with E-state index in [9.17, 15) is 14.4 Å². The molecule has 0 spiro atoms. The van der Waals surface area contributed by atoms with Gasteiger partial charge in [-0.05, 0) is 12.8 Å². The molecule has 104 valence electrons. The molecular weight excluding hydrogens is 264 g/mol. The number of ether oxygens (including phenoxy) is 1. The molecule has 8 heteroatoms. The molecule has 0 aliphatic heterocycles. The van der Waals surface area contributed by atoms with Crippen LogP contribution in [0, 0.1) is 11.8 Å². The Morgan fingerprint density at radius 3 is 2.85 bits per heavy atom. The summed E-state index contributed by atoms with van der Waals surface area (Å²) >= 11 is 0. The molecule has 0 atom stereocenters. The predicted octanol–water partition coefficient (Wildman–Crippen LogP) is -0.745. The quantitative estimate of drug-likeness (QED) is 0.554. The number of esters is 1. The molecule has 0 unspecified atom stereocenters. The number of nitrogens with one attached hydrogen (secondary N) is 2. The van der Waals surface area contributed by atoms with E-state index in [1.165, 1.54) is 11.6 Å². The molecule has 0 saturated carbocycles. The summed E-state index contributed by atoms with van der Waals surface area (Å²) in [6, 6.07) is 0. The van der Waals surface area contributed by atoms with Crippen LogP contribution in [0.4, 0.5) is 0 Å². The lowest BCUT2D eigenvalue weighted by molar-refractivity contribution is -0.141. The molecule has 2 rings (SSSR count). The fourth-order valence-corrected chi connectivity index (χ4v) is 1.58. The first-order valence-corrected chi connectivity index (χ1v) is 5.86. The van der Waals surface area contributed by atoms with Gasteiger partial charge >= 0.3 is 11.7 Å². The monoisotopic (exact) mass is 276 g/mol. The van der Waals surface area contributed by atoms with Gasteiger partial charge in [0.1, 0.15) is 6.42 Å². The average Bonchev–Trinajstić information content (AvgIpc) is 2.81. The van der Waals surface area contributed by atoms with E-state index in [1.54, 1.807) is 6.92 Å². The topological polar surface area (TPSA) is 110 Å². The first kappa shape index (κ1) is 13.6. The number of rotatable bonds is 2. The summed E-state index contributed by atoms with van der Waals surface area (Å²) in [6.07, 6.45) is -0.0693. The predicted molar refractivity (Wildman–Crippen MR) is 70.1 cm³/mol. The summed E-state index contributed by atoms with van der Waals surface area (Å²) < 4.78 is 5.92. The van der Waals surface area contributed by atoms with E-state index >= 15 is 0 Å². The minimum Gasteiger partial charge on any atom is -0.465 e. The zero-order valence-electron chi connectivity index (χ0n) is 10.9. The Morgan fingerprint density at radius 2 is 2.15 bits per heavy atom. The van der Waals surface area contributed by atoms with Gasteiger partial charge < -0.3 is 9.72 Å². The number of aromatic nitrogens is 4. The molecule has 0 saturated heterocycles. The Morgan fingerprint density at radius 1 is 1.40 bits per heavy atom. The van der Waals surface area contributed by atoms with E-state index in [0.29, 0.717) is 6.61 Å². The summed E-state index contributed by atoms with van der Waals surface area (Å²) in [5, 5.41) is 0. The van der Waals surface area contributed by atoms with Gasteiger partial charge in [-0.1, -0.05) is 5.92 Å². The molecule has 0 fully saturated rings. The zero-order chi connectivity index (χ0) is 14.7. The van der Waals surface area contributed by atoms with Crippen LogP contribution >= 0.6 is 0 Å². The van der Waals surface area contributed by atoms with Gasteiger partial charge in [0.15, 0.2) is 17.0 Å². The maximum Gasteiger partial charge on any atom is 0.329 e. The number of H-pyrrole nitrogens is 2. The molecule has 0 bridgehead atoms. The molecule has 8 nitrogen and oxygen atoms in total. The Labute approximate surface area is 112 Å². The second kappa shape index (κ2) is 5.44. The Bertz CT molecular complexity index is 831. The van der Waals surface area contributed by atoms with Gasteiger partial charge in [0.05, 0.1) is 6.61 Å². The van der Waals surface area contributed by atoms with Crippen molar-refractivity contribution in [1.82, 2.24) is 19.5 Å². The van der Waals surface area contributed by atoms with Crippen molar-refractivity contribution in [3.8, 4) is 11.8 Å². The van der Waals surface area contributed by atoms with E-state index in [2.05, 4.69) is 26.8 Å². The van der Waals surface area contributed by atoms with Crippen LogP contribution in [-0.2, 0) is 16.6 Å². The largest absolute Gasteiger partial charge is 0.465 e. The first-order chi connectivity index (χ1) is 9.52. The number of fused-ring (bicyclic) bond motifs is 1. The maximum atomic E-state index is 11.6. The normalized spacial score (nSPS) is 10.1. The number of nitrogens with zero attached hydrogens (tertiary/aromatic N) is 2. The minimum atomic E-state index is -0.561. The highest BCUT2D eigenvalue weighted by atomic mass is 16.5. The molecule has 2 heterocycles. The third-order valence-corrected chi connectivity index (χ3v) is 2.50. The first-order valence-electron chi connectivity index (χ1n) is 5.86. The molecule has 2 N–H and O–H groups in total. The molecule has 0 amide bonds. The molecule has 0 aliphatic carbocycles. The molecule has 0 aromatic carbocycles. The van der Waals surface area contributed by atoms with Crippen LogP contribution in [0.3, 0.4) is 0 Å². The van der Waals surface area contributed by atoms with Crippen LogP contribution in [-0.4, -0.2) is 32.1 Å². The van der Waals surface area contributed by atoms with Gasteiger partial charge in [0, 0.05) is 7.05 Å². The van der Waals surface area contributed by atoms with Crippen molar-refractivity contribution in [3.05, 3.63) is 26.7 Å². The lowest BCUT2D eigenvalue weighted by Crippen LogP contribution is -2.28. The summed E-state index contributed by atoms with van der Waals surface area (Å²) in [7, 11) is 1.48. The van der Waals surface area contributed by atoms with Gasteiger partial charge in [-0.2, -0.15) is 0 Å². The zero-order valence-corrected chi connectivity index (χ0v) is 10.9. The average molecular weight is 276 g/mol. The second-order valence-electron chi connectivity index (χ2n) is 3.89. The van der Waals surface area contributed by atoms with Crippen molar-refractivity contribution >= 4 is 17.1 Å². The summed E-state index contributed by atoms with van der Waals surface area (Å²) in [4.78, 5) is 42.9. The van der Waals surface area contributed by atoms with Crippen molar-refractivity contribution in [3.63, 3.8) is 0 Å². The molecular formula is C12H12N4O4. The Kier molecular flexibility index (Phi) is 3.70. The van der Waals surface area contributed by atoms with E-state index in [-0.39, 0.29) is 23.4 Å². The highest BCUT2D eigenvalue weighted by Gasteiger charge is 2.09. The maximum absolute atomic E-state index is 11.6. The van der Waals surface area contributed by atoms with Gasteiger partial charge in [-0.15, -0.1) is 0 Å².